The molecule has 0 aliphatic heterocycles. The minimum absolute atomic E-state index is 0.281. The van der Waals surface area contributed by atoms with Gasteiger partial charge in [-0.2, -0.15) is 0 Å². The van der Waals surface area contributed by atoms with Crippen LogP contribution in [0.2, 0.25) is 0 Å². The SMILES string of the molecule is COC(C(=O)N[C@@H]1CCC[C@@H]1C(=O)O)c1ccccc1. The maximum absolute atomic E-state index is 12.3. The number of rotatable bonds is 5. The summed E-state index contributed by atoms with van der Waals surface area (Å²) >= 11 is 0. The molecule has 1 fully saturated rings. The van der Waals surface area contributed by atoms with Crippen LogP contribution in [-0.2, 0) is 14.3 Å². The van der Waals surface area contributed by atoms with Crippen molar-refractivity contribution in [1.82, 2.24) is 5.32 Å². The van der Waals surface area contributed by atoms with Crippen LogP contribution in [0.15, 0.2) is 30.3 Å². The molecule has 1 saturated carbocycles. The highest BCUT2D eigenvalue weighted by molar-refractivity contribution is 5.83. The molecule has 1 aromatic rings. The summed E-state index contributed by atoms with van der Waals surface area (Å²) in [6.07, 6.45) is 1.44. The van der Waals surface area contributed by atoms with E-state index >= 15 is 0 Å². The molecule has 0 heterocycles. The zero-order chi connectivity index (χ0) is 14.5. The molecule has 1 amide bonds. The number of carboxylic acid groups (broad SMARTS) is 1. The van der Waals surface area contributed by atoms with Crippen molar-refractivity contribution in [2.45, 2.75) is 31.4 Å². The maximum atomic E-state index is 12.3. The van der Waals surface area contributed by atoms with E-state index in [0.29, 0.717) is 12.8 Å². The average molecular weight is 277 g/mol. The van der Waals surface area contributed by atoms with Gasteiger partial charge in [0.1, 0.15) is 0 Å². The number of carboxylic acids is 1. The molecule has 0 saturated heterocycles. The second-order valence-corrected chi connectivity index (χ2v) is 5.02. The fraction of sp³-hybridized carbons (Fsp3) is 0.467. The van der Waals surface area contributed by atoms with Gasteiger partial charge in [0, 0.05) is 13.2 Å². The van der Waals surface area contributed by atoms with E-state index in [1.807, 2.05) is 30.3 Å². The van der Waals surface area contributed by atoms with Crippen LogP contribution >= 0.6 is 0 Å². The highest BCUT2D eigenvalue weighted by Gasteiger charge is 2.35. The van der Waals surface area contributed by atoms with Crippen LogP contribution in [0, 0.1) is 5.92 Å². The monoisotopic (exact) mass is 277 g/mol. The molecule has 0 spiro atoms. The van der Waals surface area contributed by atoms with Gasteiger partial charge in [0.05, 0.1) is 5.92 Å². The standard InChI is InChI=1S/C15H19NO4/c1-20-13(10-6-3-2-4-7-10)14(17)16-12-9-5-8-11(12)15(18)19/h2-4,6-7,11-13H,5,8-9H2,1H3,(H,16,17)(H,18,19)/t11-,12+,13?/m0/s1. The van der Waals surface area contributed by atoms with Crippen LogP contribution < -0.4 is 5.32 Å². The van der Waals surface area contributed by atoms with Gasteiger partial charge in [-0.05, 0) is 18.4 Å². The third-order valence-corrected chi connectivity index (χ3v) is 3.74. The van der Waals surface area contributed by atoms with Crippen LogP contribution in [-0.4, -0.2) is 30.1 Å². The number of nitrogens with one attached hydrogen (secondary N) is 1. The minimum Gasteiger partial charge on any atom is -0.481 e. The van der Waals surface area contributed by atoms with Gasteiger partial charge in [0.15, 0.2) is 6.10 Å². The number of ether oxygens (including phenoxy) is 1. The number of carbonyl (C=O) groups is 2. The van der Waals surface area contributed by atoms with Gasteiger partial charge in [0.2, 0.25) is 0 Å². The van der Waals surface area contributed by atoms with E-state index in [2.05, 4.69) is 5.32 Å². The quantitative estimate of drug-likeness (QED) is 0.859. The third-order valence-electron chi connectivity index (χ3n) is 3.74. The summed E-state index contributed by atoms with van der Waals surface area (Å²) in [5.74, 6) is -1.62. The average Bonchev–Trinajstić information content (AvgIpc) is 2.89. The van der Waals surface area contributed by atoms with E-state index in [4.69, 9.17) is 9.84 Å². The lowest BCUT2D eigenvalue weighted by molar-refractivity contribution is -0.142. The van der Waals surface area contributed by atoms with Crippen molar-refractivity contribution in [2.75, 3.05) is 7.11 Å². The molecule has 1 unspecified atom stereocenters. The summed E-state index contributed by atoms with van der Waals surface area (Å²) in [7, 11) is 1.47. The lowest BCUT2D eigenvalue weighted by Gasteiger charge is -2.21. The van der Waals surface area contributed by atoms with Gasteiger partial charge in [-0.3, -0.25) is 9.59 Å². The first-order valence-electron chi connectivity index (χ1n) is 6.74. The molecule has 1 aliphatic carbocycles. The van der Waals surface area contributed by atoms with Crippen molar-refractivity contribution in [3.63, 3.8) is 0 Å². The van der Waals surface area contributed by atoms with E-state index in [-0.39, 0.29) is 11.9 Å². The second-order valence-electron chi connectivity index (χ2n) is 5.02. The Balaban J connectivity index is 2.05. The Morgan fingerprint density at radius 1 is 1.30 bits per heavy atom. The molecule has 2 rings (SSSR count). The highest BCUT2D eigenvalue weighted by atomic mass is 16.5. The number of carbonyl (C=O) groups excluding carboxylic acids is 1. The topological polar surface area (TPSA) is 75.6 Å². The van der Waals surface area contributed by atoms with Crippen molar-refractivity contribution in [3.8, 4) is 0 Å². The van der Waals surface area contributed by atoms with E-state index in [1.165, 1.54) is 7.11 Å². The Hall–Kier alpha value is -1.88. The molecular weight excluding hydrogens is 258 g/mol. The Morgan fingerprint density at radius 2 is 2.00 bits per heavy atom. The van der Waals surface area contributed by atoms with E-state index in [0.717, 1.165) is 12.0 Å². The summed E-state index contributed by atoms with van der Waals surface area (Å²) in [4.78, 5) is 23.4. The number of aliphatic carboxylic acids is 1. The first-order chi connectivity index (χ1) is 9.63. The fourth-order valence-electron chi connectivity index (χ4n) is 2.71. The Bertz CT molecular complexity index is 474. The van der Waals surface area contributed by atoms with Gasteiger partial charge in [0.25, 0.3) is 5.91 Å². The largest absolute Gasteiger partial charge is 0.481 e. The van der Waals surface area contributed by atoms with Gasteiger partial charge in [-0.1, -0.05) is 36.8 Å². The number of hydrogen-bond acceptors (Lipinski definition) is 3. The summed E-state index contributed by atoms with van der Waals surface area (Å²) in [5, 5.41) is 11.9. The number of amides is 1. The molecule has 20 heavy (non-hydrogen) atoms. The Labute approximate surface area is 117 Å². The van der Waals surface area contributed by atoms with Crippen molar-refractivity contribution in [1.29, 1.82) is 0 Å². The lowest BCUT2D eigenvalue weighted by atomic mass is 10.0. The van der Waals surface area contributed by atoms with E-state index in [9.17, 15) is 9.59 Å². The van der Waals surface area contributed by atoms with Crippen molar-refractivity contribution in [3.05, 3.63) is 35.9 Å². The zero-order valence-electron chi connectivity index (χ0n) is 11.4. The highest BCUT2D eigenvalue weighted by Crippen LogP contribution is 2.27. The van der Waals surface area contributed by atoms with Crippen LogP contribution in [0.1, 0.15) is 30.9 Å². The number of methoxy groups -OCH3 is 1. The van der Waals surface area contributed by atoms with Crippen molar-refractivity contribution >= 4 is 11.9 Å². The summed E-state index contributed by atoms with van der Waals surface area (Å²) in [6, 6.07) is 8.87. The molecule has 0 bridgehead atoms. The summed E-state index contributed by atoms with van der Waals surface area (Å²) in [5.41, 5.74) is 0.761. The van der Waals surface area contributed by atoms with E-state index < -0.39 is 18.0 Å². The number of benzene rings is 1. The van der Waals surface area contributed by atoms with Crippen molar-refractivity contribution < 1.29 is 19.4 Å². The second kappa shape index (κ2) is 6.52. The molecule has 2 N–H and O–H groups in total. The minimum atomic E-state index is -0.846. The van der Waals surface area contributed by atoms with Gasteiger partial charge in [-0.15, -0.1) is 0 Å². The lowest BCUT2D eigenvalue weighted by Crippen LogP contribution is -2.42. The van der Waals surface area contributed by atoms with E-state index in [1.54, 1.807) is 0 Å². The number of hydrogen-bond donors (Lipinski definition) is 2. The third kappa shape index (κ3) is 3.17. The molecule has 1 aliphatic rings. The maximum Gasteiger partial charge on any atom is 0.308 e. The van der Waals surface area contributed by atoms with Gasteiger partial charge < -0.3 is 15.2 Å². The van der Waals surface area contributed by atoms with Gasteiger partial charge in [-0.25, -0.2) is 0 Å². The van der Waals surface area contributed by atoms with Crippen molar-refractivity contribution in [2.24, 2.45) is 5.92 Å². The van der Waals surface area contributed by atoms with Crippen LogP contribution in [0.4, 0.5) is 0 Å². The molecule has 3 atom stereocenters. The summed E-state index contributed by atoms with van der Waals surface area (Å²) in [6.45, 7) is 0. The molecule has 1 aromatic carbocycles. The Kier molecular flexibility index (Phi) is 4.74. The molecule has 0 radical (unpaired) electrons. The summed E-state index contributed by atoms with van der Waals surface area (Å²) < 4.78 is 5.24. The molecular formula is C15H19NO4. The smallest absolute Gasteiger partial charge is 0.308 e. The van der Waals surface area contributed by atoms with Crippen LogP contribution in [0.25, 0.3) is 0 Å². The van der Waals surface area contributed by atoms with Crippen LogP contribution in [0.3, 0.4) is 0 Å². The molecule has 108 valence electrons. The molecule has 5 nitrogen and oxygen atoms in total. The normalized spacial score (nSPS) is 23.2. The fourth-order valence-corrected chi connectivity index (χ4v) is 2.71. The predicted octanol–water partition coefficient (Wildman–Crippen LogP) is 1.74. The molecule has 0 aromatic heterocycles. The first-order valence-corrected chi connectivity index (χ1v) is 6.74. The zero-order valence-corrected chi connectivity index (χ0v) is 11.4. The predicted molar refractivity (Wildman–Crippen MR) is 73.1 cm³/mol. The van der Waals surface area contributed by atoms with Crippen LogP contribution in [0.5, 0.6) is 0 Å². The Morgan fingerprint density at radius 3 is 2.60 bits per heavy atom. The first kappa shape index (κ1) is 14.5. The molecule has 5 heteroatoms. The van der Waals surface area contributed by atoms with Gasteiger partial charge >= 0.3 is 5.97 Å².